The van der Waals surface area contributed by atoms with Crippen molar-refractivity contribution in [2.75, 3.05) is 13.2 Å². The van der Waals surface area contributed by atoms with Crippen molar-refractivity contribution in [1.29, 1.82) is 0 Å². The molecule has 96 valence electrons. The summed E-state index contributed by atoms with van der Waals surface area (Å²) >= 11 is 0. The summed E-state index contributed by atoms with van der Waals surface area (Å²) in [4.78, 5) is 0. The zero-order valence-electron chi connectivity index (χ0n) is 10.6. The molecule has 1 heterocycles. The molecule has 0 radical (unpaired) electrons. The molecule has 0 saturated heterocycles. The Bertz CT molecular complexity index is 489. The highest BCUT2D eigenvalue weighted by Gasteiger charge is 2.46. The quantitative estimate of drug-likeness (QED) is 0.827. The predicted molar refractivity (Wildman–Crippen MR) is 68.8 cm³/mol. The zero-order chi connectivity index (χ0) is 12.2. The van der Waals surface area contributed by atoms with Crippen molar-refractivity contribution in [3.8, 4) is 11.5 Å². The minimum Gasteiger partial charge on any atom is -0.489 e. The standard InChI is InChI=1S/C15H19NO2/c16-15(4-1-5-15)11-2-3-12-13(8-11)18-10-14(6-7-14)9-17-12/h2-3,8H,1,4-7,9-10,16H2. The average Bonchev–Trinajstić information content (AvgIpc) is 3.14. The third-order valence-electron chi connectivity index (χ3n) is 4.79. The van der Waals surface area contributed by atoms with Crippen LogP contribution in [0.1, 0.15) is 37.7 Å². The lowest BCUT2D eigenvalue weighted by molar-refractivity contribution is 0.196. The van der Waals surface area contributed by atoms with Gasteiger partial charge < -0.3 is 15.2 Å². The summed E-state index contributed by atoms with van der Waals surface area (Å²) < 4.78 is 11.8. The highest BCUT2D eigenvalue weighted by atomic mass is 16.5. The molecular weight excluding hydrogens is 226 g/mol. The Morgan fingerprint density at radius 3 is 2.28 bits per heavy atom. The van der Waals surface area contributed by atoms with Crippen LogP contribution in [0.5, 0.6) is 11.5 Å². The molecule has 1 aromatic carbocycles. The minimum atomic E-state index is -0.123. The highest BCUT2D eigenvalue weighted by molar-refractivity contribution is 5.46. The Kier molecular flexibility index (Phi) is 2.03. The smallest absolute Gasteiger partial charge is 0.161 e. The van der Waals surface area contributed by atoms with Gasteiger partial charge in [-0.25, -0.2) is 0 Å². The summed E-state index contributed by atoms with van der Waals surface area (Å²) in [5.41, 5.74) is 7.74. The molecule has 2 saturated carbocycles. The van der Waals surface area contributed by atoms with Gasteiger partial charge in [-0.3, -0.25) is 0 Å². The van der Waals surface area contributed by atoms with Crippen molar-refractivity contribution in [1.82, 2.24) is 0 Å². The minimum absolute atomic E-state index is 0.123. The van der Waals surface area contributed by atoms with Crippen LogP contribution >= 0.6 is 0 Å². The predicted octanol–water partition coefficient (Wildman–Crippen LogP) is 2.58. The SMILES string of the molecule is NC1(c2ccc3c(c2)OCC2(CC2)CO3)CCC1. The van der Waals surface area contributed by atoms with Gasteiger partial charge in [-0.05, 0) is 49.8 Å². The van der Waals surface area contributed by atoms with Crippen LogP contribution in [0.3, 0.4) is 0 Å². The van der Waals surface area contributed by atoms with Gasteiger partial charge in [0, 0.05) is 11.0 Å². The fraction of sp³-hybridized carbons (Fsp3) is 0.600. The van der Waals surface area contributed by atoms with Crippen molar-refractivity contribution in [2.45, 2.75) is 37.6 Å². The van der Waals surface area contributed by atoms with E-state index in [9.17, 15) is 0 Å². The Balaban J connectivity index is 1.65. The van der Waals surface area contributed by atoms with Crippen LogP contribution in [0.2, 0.25) is 0 Å². The van der Waals surface area contributed by atoms with Gasteiger partial charge in [0.05, 0.1) is 13.2 Å². The summed E-state index contributed by atoms with van der Waals surface area (Å²) in [7, 11) is 0. The molecule has 0 atom stereocenters. The molecule has 0 aromatic heterocycles. The maximum atomic E-state index is 6.37. The number of rotatable bonds is 1. The molecule has 3 aliphatic rings. The van der Waals surface area contributed by atoms with E-state index in [2.05, 4.69) is 12.1 Å². The summed E-state index contributed by atoms with van der Waals surface area (Å²) in [6, 6.07) is 6.22. The molecule has 1 aliphatic heterocycles. The van der Waals surface area contributed by atoms with E-state index in [-0.39, 0.29) is 5.54 Å². The van der Waals surface area contributed by atoms with Gasteiger partial charge in [0.1, 0.15) is 0 Å². The van der Waals surface area contributed by atoms with Crippen LogP contribution in [-0.4, -0.2) is 13.2 Å². The van der Waals surface area contributed by atoms with Gasteiger partial charge in [0.25, 0.3) is 0 Å². The van der Waals surface area contributed by atoms with E-state index in [4.69, 9.17) is 15.2 Å². The molecule has 2 N–H and O–H groups in total. The van der Waals surface area contributed by atoms with Crippen molar-refractivity contribution < 1.29 is 9.47 Å². The lowest BCUT2D eigenvalue weighted by atomic mass is 9.73. The van der Waals surface area contributed by atoms with Crippen molar-refractivity contribution >= 4 is 0 Å². The summed E-state index contributed by atoms with van der Waals surface area (Å²) in [6.07, 6.45) is 5.85. The molecule has 2 fully saturated rings. The van der Waals surface area contributed by atoms with Crippen molar-refractivity contribution in [3.63, 3.8) is 0 Å². The fourth-order valence-electron chi connectivity index (χ4n) is 2.86. The molecule has 0 bridgehead atoms. The zero-order valence-corrected chi connectivity index (χ0v) is 10.6. The highest BCUT2D eigenvalue weighted by Crippen LogP contribution is 2.50. The number of fused-ring (bicyclic) bond motifs is 1. The van der Waals surface area contributed by atoms with Crippen LogP contribution in [0.4, 0.5) is 0 Å². The average molecular weight is 245 g/mol. The van der Waals surface area contributed by atoms with Crippen molar-refractivity contribution in [3.05, 3.63) is 23.8 Å². The van der Waals surface area contributed by atoms with Gasteiger partial charge in [-0.1, -0.05) is 6.07 Å². The second kappa shape index (κ2) is 3.41. The first-order valence-corrected chi connectivity index (χ1v) is 6.88. The van der Waals surface area contributed by atoms with Crippen LogP contribution < -0.4 is 15.2 Å². The van der Waals surface area contributed by atoms with Gasteiger partial charge in [-0.15, -0.1) is 0 Å². The summed E-state index contributed by atoms with van der Waals surface area (Å²) in [6.45, 7) is 1.59. The molecule has 1 aromatic rings. The van der Waals surface area contributed by atoms with E-state index < -0.39 is 0 Å². The van der Waals surface area contributed by atoms with Crippen LogP contribution in [0, 0.1) is 5.41 Å². The molecule has 3 nitrogen and oxygen atoms in total. The van der Waals surface area contributed by atoms with Crippen LogP contribution in [0.25, 0.3) is 0 Å². The first-order valence-electron chi connectivity index (χ1n) is 6.88. The van der Waals surface area contributed by atoms with E-state index in [1.54, 1.807) is 0 Å². The number of nitrogens with two attached hydrogens (primary N) is 1. The second-order valence-electron chi connectivity index (χ2n) is 6.25. The molecular formula is C15H19NO2. The number of hydrogen-bond donors (Lipinski definition) is 1. The van der Waals surface area contributed by atoms with Gasteiger partial charge in [-0.2, -0.15) is 0 Å². The molecule has 3 heteroatoms. The van der Waals surface area contributed by atoms with E-state index in [0.717, 1.165) is 37.6 Å². The maximum Gasteiger partial charge on any atom is 0.161 e. The summed E-state index contributed by atoms with van der Waals surface area (Å²) in [5, 5.41) is 0. The fourth-order valence-corrected chi connectivity index (χ4v) is 2.86. The Labute approximate surface area is 107 Å². The Morgan fingerprint density at radius 2 is 1.67 bits per heavy atom. The molecule has 2 aliphatic carbocycles. The first-order chi connectivity index (χ1) is 8.69. The lowest BCUT2D eigenvalue weighted by Gasteiger charge is -2.38. The topological polar surface area (TPSA) is 44.5 Å². The number of hydrogen-bond acceptors (Lipinski definition) is 3. The molecule has 18 heavy (non-hydrogen) atoms. The number of benzene rings is 1. The molecule has 1 spiro atoms. The third kappa shape index (κ3) is 1.53. The molecule has 0 amide bonds. The Morgan fingerprint density at radius 1 is 0.944 bits per heavy atom. The number of ether oxygens (including phenoxy) is 2. The van der Waals surface area contributed by atoms with Gasteiger partial charge in [0.2, 0.25) is 0 Å². The van der Waals surface area contributed by atoms with Gasteiger partial charge in [0.15, 0.2) is 11.5 Å². The maximum absolute atomic E-state index is 6.37. The van der Waals surface area contributed by atoms with Crippen LogP contribution in [0.15, 0.2) is 18.2 Å². The largest absolute Gasteiger partial charge is 0.489 e. The van der Waals surface area contributed by atoms with Gasteiger partial charge >= 0.3 is 0 Å². The van der Waals surface area contributed by atoms with Crippen LogP contribution in [-0.2, 0) is 5.54 Å². The Hall–Kier alpha value is -1.22. The van der Waals surface area contributed by atoms with E-state index in [1.165, 1.54) is 24.8 Å². The van der Waals surface area contributed by atoms with Crippen molar-refractivity contribution in [2.24, 2.45) is 11.1 Å². The first kappa shape index (κ1) is 10.7. The lowest BCUT2D eigenvalue weighted by Crippen LogP contribution is -2.43. The third-order valence-corrected chi connectivity index (χ3v) is 4.79. The normalized spacial score (nSPS) is 26.3. The van der Waals surface area contributed by atoms with E-state index in [1.807, 2.05) is 6.07 Å². The molecule has 0 unspecified atom stereocenters. The molecule has 4 rings (SSSR count). The monoisotopic (exact) mass is 245 g/mol. The summed E-state index contributed by atoms with van der Waals surface area (Å²) in [5.74, 6) is 1.76. The van der Waals surface area contributed by atoms with E-state index in [0.29, 0.717) is 5.41 Å². The van der Waals surface area contributed by atoms with E-state index >= 15 is 0 Å². The second-order valence-corrected chi connectivity index (χ2v) is 6.25.